The van der Waals surface area contributed by atoms with E-state index in [-0.39, 0.29) is 16.3 Å². The zero-order valence-corrected chi connectivity index (χ0v) is 17.5. The molecule has 29 heavy (non-hydrogen) atoms. The average molecular weight is 439 g/mol. The Morgan fingerprint density at radius 3 is 2.62 bits per heavy atom. The molecule has 9 nitrogen and oxygen atoms in total. The van der Waals surface area contributed by atoms with Crippen LogP contribution in [0.2, 0.25) is 5.02 Å². The zero-order chi connectivity index (χ0) is 21.8. The Morgan fingerprint density at radius 2 is 2.00 bits per heavy atom. The van der Waals surface area contributed by atoms with Crippen molar-refractivity contribution in [1.29, 1.82) is 0 Å². The number of nitro groups is 1. The van der Waals surface area contributed by atoms with Crippen LogP contribution in [0.5, 0.6) is 0 Å². The number of benzene rings is 2. The predicted molar refractivity (Wildman–Crippen MR) is 112 cm³/mol. The maximum atomic E-state index is 12.2. The van der Waals surface area contributed by atoms with Gasteiger partial charge in [0, 0.05) is 22.7 Å². The number of anilines is 1. The number of hydrogen-bond donors (Lipinski definition) is 1. The molecule has 0 bridgehead atoms. The fourth-order valence-electron chi connectivity index (χ4n) is 2.47. The fourth-order valence-corrected chi connectivity index (χ4v) is 3.54. The molecule has 0 atom stereocenters. The number of carbonyl (C=O) groups excluding carboxylic acids is 1. The molecule has 0 fully saturated rings. The van der Waals surface area contributed by atoms with E-state index in [4.69, 9.17) is 11.6 Å². The SMILES string of the molecule is Cc1cccc(N(CC(=O)NN=Cc2cc([N+](=O)[O-])ccc2Cl)S(C)(=O)=O)c1C. The first kappa shape index (κ1) is 22.3. The van der Waals surface area contributed by atoms with Crippen LogP contribution in [0.1, 0.15) is 16.7 Å². The van der Waals surface area contributed by atoms with Gasteiger partial charge in [0.1, 0.15) is 6.54 Å². The Morgan fingerprint density at radius 1 is 1.31 bits per heavy atom. The van der Waals surface area contributed by atoms with Crippen molar-refractivity contribution < 1.29 is 18.1 Å². The minimum Gasteiger partial charge on any atom is -0.271 e. The molecule has 0 radical (unpaired) electrons. The number of rotatable bonds is 7. The molecular weight excluding hydrogens is 420 g/mol. The highest BCUT2D eigenvalue weighted by Crippen LogP contribution is 2.24. The highest BCUT2D eigenvalue weighted by molar-refractivity contribution is 7.92. The van der Waals surface area contributed by atoms with Crippen molar-refractivity contribution in [1.82, 2.24) is 5.43 Å². The van der Waals surface area contributed by atoms with Crippen molar-refractivity contribution in [3.63, 3.8) is 0 Å². The summed E-state index contributed by atoms with van der Waals surface area (Å²) in [6.45, 7) is 3.12. The summed E-state index contributed by atoms with van der Waals surface area (Å²) in [6.07, 6.45) is 2.16. The summed E-state index contributed by atoms with van der Waals surface area (Å²) in [5.74, 6) is -0.686. The number of hydrazone groups is 1. The van der Waals surface area contributed by atoms with E-state index in [1.807, 2.05) is 13.0 Å². The number of nitrogens with one attached hydrogen (secondary N) is 1. The molecule has 0 spiro atoms. The molecule has 1 amide bonds. The number of halogens is 1. The van der Waals surface area contributed by atoms with Crippen molar-refractivity contribution >= 4 is 45.1 Å². The Labute approximate surface area is 173 Å². The Balaban J connectivity index is 2.18. The van der Waals surface area contributed by atoms with Crippen molar-refractivity contribution in [2.45, 2.75) is 13.8 Å². The first-order valence-electron chi connectivity index (χ1n) is 8.30. The lowest BCUT2D eigenvalue weighted by molar-refractivity contribution is -0.384. The van der Waals surface area contributed by atoms with E-state index in [2.05, 4.69) is 10.5 Å². The van der Waals surface area contributed by atoms with E-state index in [0.717, 1.165) is 27.9 Å². The van der Waals surface area contributed by atoms with Gasteiger partial charge in [0.25, 0.3) is 11.6 Å². The summed E-state index contributed by atoms with van der Waals surface area (Å²) in [6, 6.07) is 8.95. The van der Waals surface area contributed by atoms with Crippen molar-refractivity contribution in [3.8, 4) is 0 Å². The van der Waals surface area contributed by atoms with Crippen LogP contribution < -0.4 is 9.73 Å². The number of sulfonamides is 1. The molecule has 0 unspecified atom stereocenters. The predicted octanol–water partition coefficient (Wildman–Crippen LogP) is 2.78. The molecular formula is C18H19ClN4O5S. The molecule has 0 heterocycles. The van der Waals surface area contributed by atoms with Crippen LogP contribution >= 0.6 is 11.6 Å². The second kappa shape index (κ2) is 9.01. The van der Waals surface area contributed by atoms with Crippen LogP contribution in [0.3, 0.4) is 0 Å². The second-order valence-electron chi connectivity index (χ2n) is 6.24. The normalized spacial score (nSPS) is 11.4. The van der Waals surface area contributed by atoms with Gasteiger partial charge >= 0.3 is 0 Å². The molecule has 154 valence electrons. The Bertz CT molecular complexity index is 1090. The summed E-state index contributed by atoms with van der Waals surface area (Å²) in [7, 11) is -3.73. The van der Waals surface area contributed by atoms with Gasteiger partial charge < -0.3 is 0 Å². The lowest BCUT2D eigenvalue weighted by Gasteiger charge is -2.23. The molecule has 11 heteroatoms. The third kappa shape index (κ3) is 5.75. The molecule has 2 aromatic carbocycles. The molecule has 0 aromatic heterocycles. The minimum atomic E-state index is -3.73. The van der Waals surface area contributed by atoms with Crippen LogP contribution in [0.15, 0.2) is 41.5 Å². The minimum absolute atomic E-state index is 0.180. The van der Waals surface area contributed by atoms with Gasteiger partial charge in [0.05, 0.1) is 23.1 Å². The largest absolute Gasteiger partial charge is 0.271 e. The second-order valence-corrected chi connectivity index (χ2v) is 8.56. The smallest absolute Gasteiger partial charge is 0.270 e. The van der Waals surface area contributed by atoms with Crippen LogP contribution in [0.25, 0.3) is 0 Å². The van der Waals surface area contributed by atoms with E-state index in [9.17, 15) is 23.3 Å². The van der Waals surface area contributed by atoms with Gasteiger partial charge in [-0.15, -0.1) is 0 Å². The highest BCUT2D eigenvalue weighted by Gasteiger charge is 2.22. The summed E-state index contributed by atoms with van der Waals surface area (Å²) in [4.78, 5) is 22.5. The number of amides is 1. The van der Waals surface area contributed by atoms with E-state index in [1.54, 1.807) is 19.1 Å². The van der Waals surface area contributed by atoms with Gasteiger partial charge in [0.15, 0.2) is 0 Å². The van der Waals surface area contributed by atoms with Crippen LogP contribution in [0.4, 0.5) is 11.4 Å². The monoisotopic (exact) mass is 438 g/mol. The third-order valence-electron chi connectivity index (χ3n) is 4.12. The number of non-ortho nitro benzene ring substituents is 1. The first-order chi connectivity index (χ1) is 13.5. The van der Waals surface area contributed by atoms with E-state index in [0.29, 0.717) is 5.69 Å². The quantitative estimate of drug-likeness (QED) is 0.404. The highest BCUT2D eigenvalue weighted by atomic mass is 35.5. The van der Waals surface area contributed by atoms with Gasteiger partial charge in [-0.05, 0) is 37.1 Å². The number of hydrogen-bond acceptors (Lipinski definition) is 6. The van der Waals surface area contributed by atoms with Crippen molar-refractivity contribution in [2.75, 3.05) is 17.1 Å². The lowest BCUT2D eigenvalue weighted by Crippen LogP contribution is -2.39. The van der Waals surface area contributed by atoms with Gasteiger partial charge in [-0.1, -0.05) is 23.7 Å². The fraction of sp³-hybridized carbons (Fsp3) is 0.222. The molecule has 0 aliphatic carbocycles. The summed E-state index contributed by atoms with van der Waals surface area (Å²) < 4.78 is 25.4. The summed E-state index contributed by atoms with van der Waals surface area (Å²) >= 11 is 5.96. The van der Waals surface area contributed by atoms with Gasteiger partial charge in [-0.2, -0.15) is 5.10 Å². The molecule has 2 rings (SSSR count). The summed E-state index contributed by atoms with van der Waals surface area (Å²) in [5, 5.41) is 14.8. The average Bonchev–Trinajstić information content (AvgIpc) is 2.63. The maximum absolute atomic E-state index is 12.2. The Kier molecular flexibility index (Phi) is 6.93. The van der Waals surface area contributed by atoms with Gasteiger partial charge in [-0.3, -0.25) is 19.2 Å². The van der Waals surface area contributed by atoms with Crippen LogP contribution in [-0.4, -0.2) is 38.3 Å². The van der Waals surface area contributed by atoms with Gasteiger partial charge in [0.2, 0.25) is 10.0 Å². The number of aryl methyl sites for hydroxylation is 1. The molecule has 0 saturated carbocycles. The standard InChI is InChI=1S/C18H19ClN4O5S/c1-12-5-4-6-17(13(12)2)22(29(3,27)28)11-18(24)21-20-10-14-9-15(23(25)26)7-8-16(14)19/h4-10H,11H2,1-3H3,(H,21,24). The molecule has 0 aliphatic heterocycles. The number of nitro benzene ring substituents is 1. The topological polar surface area (TPSA) is 122 Å². The van der Waals surface area contributed by atoms with E-state index in [1.165, 1.54) is 18.2 Å². The maximum Gasteiger partial charge on any atom is 0.270 e. The zero-order valence-electron chi connectivity index (χ0n) is 15.9. The van der Waals surface area contributed by atoms with E-state index < -0.39 is 27.4 Å². The molecule has 2 aromatic rings. The Hall–Kier alpha value is -2.98. The van der Waals surface area contributed by atoms with Crippen LogP contribution in [0, 0.1) is 24.0 Å². The van der Waals surface area contributed by atoms with Crippen molar-refractivity contribution in [3.05, 3.63) is 68.2 Å². The number of nitrogens with zero attached hydrogens (tertiary/aromatic N) is 3. The number of carbonyl (C=O) groups is 1. The lowest BCUT2D eigenvalue weighted by atomic mass is 10.1. The van der Waals surface area contributed by atoms with Crippen molar-refractivity contribution in [2.24, 2.45) is 5.10 Å². The summed E-state index contributed by atoms with van der Waals surface area (Å²) in [5.41, 5.74) is 4.28. The molecule has 0 saturated heterocycles. The van der Waals surface area contributed by atoms with E-state index >= 15 is 0 Å². The molecule has 1 N–H and O–H groups in total. The third-order valence-corrected chi connectivity index (χ3v) is 5.59. The molecule has 0 aliphatic rings. The van der Waals surface area contributed by atoms with Crippen LogP contribution in [-0.2, 0) is 14.8 Å². The van der Waals surface area contributed by atoms with Gasteiger partial charge in [-0.25, -0.2) is 13.8 Å². The first-order valence-corrected chi connectivity index (χ1v) is 10.5.